The van der Waals surface area contributed by atoms with Gasteiger partial charge in [0.05, 0.1) is 13.0 Å². The topological polar surface area (TPSA) is 72.8 Å². The highest BCUT2D eigenvalue weighted by Crippen LogP contribution is 1.97. The van der Waals surface area contributed by atoms with Gasteiger partial charge in [0.15, 0.2) is 5.76 Å². The van der Waals surface area contributed by atoms with Crippen LogP contribution in [0.15, 0.2) is 12.3 Å². The quantitative estimate of drug-likeness (QED) is 0.374. The van der Waals surface area contributed by atoms with Gasteiger partial charge in [-0.05, 0) is 13.5 Å². The Hall–Kier alpha value is -1.52. The zero-order chi connectivity index (χ0) is 10.3. The van der Waals surface area contributed by atoms with E-state index in [4.69, 9.17) is 9.84 Å². The molecule has 13 heavy (non-hydrogen) atoms. The summed E-state index contributed by atoms with van der Waals surface area (Å²) in [5.41, 5.74) is 0. The number of carboxylic acid groups (broad SMARTS) is 1. The van der Waals surface area contributed by atoms with E-state index >= 15 is 0 Å². The normalized spacial score (nSPS) is 9.00. The summed E-state index contributed by atoms with van der Waals surface area (Å²) in [5.74, 6) is -1.84. The van der Waals surface area contributed by atoms with Gasteiger partial charge in [-0.2, -0.15) is 0 Å². The van der Waals surface area contributed by atoms with Gasteiger partial charge in [-0.3, -0.25) is 4.79 Å². The molecule has 5 nitrogen and oxygen atoms in total. The van der Waals surface area contributed by atoms with E-state index in [1.807, 2.05) is 0 Å². The molecule has 0 aromatic carbocycles. The number of hydrogen-bond donors (Lipinski definition) is 1. The number of hydrogen-bond acceptors (Lipinski definition) is 4. The molecule has 0 atom stereocenters. The van der Waals surface area contributed by atoms with Crippen molar-refractivity contribution in [1.82, 2.24) is 0 Å². The maximum atomic E-state index is 10.9. The van der Waals surface area contributed by atoms with Crippen LogP contribution in [0.25, 0.3) is 0 Å². The fraction of sp³-hybridized carbons (Fsp3) is 0.500. The van der Waals surface area contributed by atoms with Gasteiger partial charge < -0.3 is 14.6 Å². The van der Waals surface area contributed by atoms with E-state index in [1.54, 1.807) is 6.92 Å². The first kappa shape index (κ1) is 11.5. The number of aliphatic carboxylic acids is 1. The molecule has 0 fully saturated rings. The third-order valence-electron chi connectivity index (χ3n) is 1.10. The average Bonchev–Trinajstić information content (AvgIpc) is 2.04. The Bertz CT molecular complexity index is 209. The second-order valence-corrected chi connectivity index (χ2v) is 2.14. The molecule has 0 saturated carbocycles. The Morgan fingerprint density at radius 3 is 2.46 bits per heavy atom. The van der Waals surface area contributed by atoms with Crippen LogP contribution in [-0.2, 0) is 19.1 Å². The van der Waals surface area contributed by atoms with Crippen molar-refractivity contribution in [2.24, 2.45) is 0 Å². The van der Waals surface area contributed by atoms with Crippen molar-refractivity contribution in [3.05, 3.63) is 12.3 Å². The van der Waals surface area contributed by atoms with Crippen LogP contribution < -0.4 is 0 Å². The van der Waals surface area contributed by atoms with Crippen molar-refractivity contribution in [3.63, 3.8) is 0 Å². The lowest BCUT2D eigenvalue weighted by atomic mass is 10.5. The Morgan fingerprint density at radius 1 is 1.38 bits per heavy atom. The monoisotopic (exact) mass is 188 g/mol. The molecule has 0 amide bonds. The van der Waals surface area contributed by atoms with Gasteiger partial charge in [0.2, 0.25) is 0 Å². The van der Waals surface area contributed by atoms with E-state index in [-0.39, 0.29) is 18.8 Å². The minimum Gasteiger partial charge on any atom is -0.487 e. The van der Waals surface area contributed by atoms with E-state index in [0.29, 0.717) is 6.61 Å². The van der Waals surface area contributed by atoms with E-state index in [9.17, 15) is 9.59 Å². The van der Waals surface area contributed by atoms with Crippen molar-refractivity contribution in [1.29, 1.82) is 0 Å². The molecular weight excluding hydrogens is 176 g/mol. The van der Waals surface area contributed by atoms with Gasteiger partial charge in [0.1, 0.15) is 6.61 Å². The van der Waals surface area contributed by atoms with Crippen LogP contribution in [0.5, 0.6) is 0 Å². The number of carboxylic acids is 1. The predicted molar refractivity (Wildman–Crippen MR) is 44.0 cm³/mol. The summed E-state index contributed by atoms with van der Waals surface area (Å²) in [4.78, 5) is 20.9. The number of carbonyl (C=O) groups is 2. The summed E-state index contributed by atoms with van der Waals surface area (Å²) < 4.78 is 9.27. The van der Waals surface area contributed by atoms with Crippen LogP contribution >= 0.6 is 0 Å². The summed E-state index contributed by atoms with van der Waals surface area (Å²) in [5, 5.41) is 8.22. The van der Waals surface area contributed by atoms with E-state index in [0.717, 1.165) is 0 Å². The van der Waals surface area contributed by atoms with Crippen LogP contribution in [0.1, 0.15) is 13.3 Å². The second kappa shape index (κ2) is 6.05. The molecule has 0 radical (unpaired) electrons. The molecule has 0 heterocycles. The second-order valence-electron chi connectivity index (χ2n) is 2.14. The molecule has 0 unspecified atom stereocenters. The number of carbonyl (C=O) groups excluding carboxylic acids is 1. The molecule has 0 aromatic rings. The van der Waals surface area contributed by atoms with Gasteiger partial charge >= 0.3 is 11.9 Å². The lowest BCUT2D eigenvalue weighted by Gasteiger charge is -2.05. The molecule has 0 aliphatic heterocycles. The van der Waals surface area contributed by atoms with Gasteiger partial charge in [-0.25, -0.2) is 4.79 Å². The van der Waals surface area contributed by atoms with Gasteiger partial charge in [-0.15, -0.1) is 0 Å². The van der Waals surface area contributed by atoms with Crippen LogP contribution in [0.4, 0.5) is 0 Å². The Labute approximate surface area is 75.9 Å². The largest absolute Gasteiger partial charge is 0.487 e. The average molecular weight is 188 g/mol. The first-order chi connectivity index (χ1) is 6.07. The summed E-state index contributed by atoms with van der Waals surface area (Å²) in [6.45, 7) is 5.16. The van der Waals surface area contributed by atoms with Gasteiger partial charge in [0.25, 0.3) is 0 Å². The van der Waals surface area contributed by atoms with Crippen molar-refractivity contribution < 1.29 is 24.2 Å². The molecule has 74 valence electrons. The first-order valence-electron chi connectivity index (χ1n) is 3.78. The van der Waals surface area contributed by atoms with Gasteiger partial charge in [-0.1, -0.05) is 0 Å². The van der Waals surface area contributed by atoms with Gasteiger partial charge in [0, 0.05) is 0 Å². The van der Waals surface area contributed by atoms with Crippen molar-refractivity contribution in [2.75, 3.05) is 13.2 Å². The highest BCUT2D eigenvalue weighted by molar-refractivity contribution is 5.85. The standard InChI is InChI=1S/C8H12O5/c1-3-12-6(2)8(11)13-5-4-7(9)10/h2-5H2,1H3,(H,9,10). The van der Waals surface area contributed by atoms with Crippen molar-refractivity contribution >= 4 is 11.9 Å². The van der Waals surface area contributed by atoms with E-state index < -0.39 is 11.9 Å². The molecule has 0 bridgehead atoms. The lowest BCUT2D eigenvalue weighted by Crippen LogP contribution is -2.12. The molecule has 0 aliphatic rings. The molecule has 0 aliphatic carbocycles. The fourth-order valence-corrected chi connectivity index (χ4v) is 0.545. The predicted octanol–water partition coefficient (Wildman–Crippen LogP) is 0.555. The zero-order valence-corrected chi connectivity index (χ0v) is 7.41. The summed E-state index contributed by atoms with van der Waals surface area (Å²) in [7, 11) is 0. The maximum absolute atomic E-state index is 10.9. The Balaban J connectivity index is 3.62. The van der Waals surface area contributed by atoms with Crippen LogP contribution in [-0.4, -0.2) is 30.3 Å². The Kier molecular flexibility index (Phi) is 5.34. The van der Waals surface area contributed by atoms with Crippen LogP contribution in [0.2, 0.25) is 0 Å². The minimum atomic E-state index is -1.02. The van der Waals surface area contributed by atoms with Crippen molar-refractivity contribution in [2.45, 2.75) is 13.3 Å². The SMILES string of the molecule is C=C(OCC)C(=O)OCCC(=O)O. The molecule has 0 rings (SSSR count). The number of esters is 1. The Morgan fingerprint density at radius 2 is 2.00 bits per heavy atom. The lowest BCUT2D eigenvalue weighted by molar-refractivity contribution is -0.146. The molecule has 0 aromatic heterocycles. The van der Waals surface area contributed by atoms with E-state index in [2.05, 4.69) is 11.3 Å². The molecule has 5 heteroatoms. The highest BCUT2D eigenvalue weighted by atomic mass is 16.6. The summed E-state index contributed by atoms with van der Waals surface area (Å²) in [6.07, 6.45) is -0.217. The molecule has 1 N–H and O–H groups in total. The van der Waals surface area contributed by atoms with Crippen LogP contribution in [0, 0.1) is 0 Å². The third kappa shape index (κ3) is 5.72. The molecule has 0 saturated heterocycles. The molecular formula is C8H12O5. The zero-order valence-electron chi connectivity index (χ0n) is 7.41. The summed E-state index contributed by atoms with van der Waals surface area (Å²) >= 11 is 0. The van der Waals surface area contributed by atoms with Crippen LogP contribution in [0.3, 0.4) is 0 Å². The number of rotatable bonds is 6. The van der Waals surface area contributed by atoms with Crippen molar-refractivity contribution in [3.8, 4) is 0 Å². The highest BCUT2D eigenvalue weighted by Gasteiger charge is 2.09. The summed E-state index contributed by atoms with van der Waals surface area (Å²) in [6, 6.07) is 0. The first-order valence-corrected chi connectivity index (χ1v) is 3.78. The third-order valence-corrected chi connectivity index (χ3v) is 1.10. The molecule has 0 spiro atoms. The fourth-order valence-electron chi connectivity index (χ4n) is 0.545. The number of ether oxygens (including phenoxy) is 2. The minimum absolute atomic E-state index is 0.104. The maximum Gasteiger partial charge on any atom is 0.372 e. The van der Waals surface area contributed by atoms with E-state index in [1.165, 1.54) is 0 Å². The smallest absolute Gasteiger partial charge is 0.372 e.